The van der Waals surface area contributed by atoms with Gasteiger partial charge in [0.1, 0.15) is 0 Å². The third-order valence-corrected chi connectivity index (χ3v) is 2.56. The maximum absolute atomic E-state index is 5.66. The van der Waals surface area contributed by atoms with Crippen molar-refractivity contribution in [3.63, 3.8) is 0 Å². The Kier molecular flexibility index (Phi) is 3.37. The van der Waals surface area contributed by atoms with Gasteiger partial charge in [-0.2, -0.15) is 0 Å². The van der Waals surface area contributed by atoms with Gasteiger partial charge in [-0.25, -0.2) is 4.68 Å². The van der Waals surface area contributed by atoms with Crippen LogP contribution in [-0.4, -0.2) is 15.0 Å². The molecule has 0 unspecified atom stereocenters. The first-order valence-corrected chi connectivity index (χ1v) is 5.51. The Labute approximate surface area is 99.4 Å². The fourth-order valence-electron chi connectivity index (χ4n) is 1.42. The van der Waals surface area contributed by atoms with Crippen LogP contribution in [0.15, 0.2) is 37.0 Å². The number of hydrogen-bond donors (Lipinski definition) is 0. The molecule has 1 heterocycles. The van der Waals surface area contributed by atoms with Crippen LogP contribution in [0, 0.1) is 0 Å². The second-order valence-electron chi connectivity index (χ2n) is 3.49. The van der Waals surface area contributed by atoms with Crippen molar-refractivity contribution in [3.05, 3.63) is 53.9 Å². The number of hydrogen-bond acceptors (Lipinski definition) is 2. The zero-order valence-electron chi connectivity index (χ0n) is 8.81. The van der Waals surface area contributed by atoms with Crippen LogP contribution in [0.25, 0.3) is 6.08 Å². The van der Waals surface area contributed by atoms with Crippen molar-refractivity contribution in [3.8, 4) is 0 Å². The molecule has 0 amide bonds. The first-order valence-electron chi connectivity index (χ1n) is 4.98. The van der Waals surface area contributed by atoms with E-state index in [0.717, 1.165) is 11.3 Å². The van der Waals surface area contributed by atoms with E-state index in [1.807, 2.05) is 24.4 Å². The Morgan fingerprint density at radius 2 is 2.06 bits per heavy atom. The molecule has 4 heteroatoms. The molecule has 3 nitrogen and oxygen atoms in total. The van der Waals surface area contributed by atoms with Crippen molar-refractivity contribution < 1.29 is 0 Å². The molecule has 0 saturated carbocycles. The van der Waals surface area contributed by atoms with Gasteiger partial charge in [0.2, 0.25) is 0 Å². The first-order chi connectivity index (χ1) is 7.81. The van der Waals surface area contributed by atoms with Gasteiger partial charge >= 0.3 is 0 Å². The molecule has 0 atom stereocenters. The second-order valence-corrected chi connectivity index (χ2v) is 3.75. The molecule has 1 aromatic heterocycles. The number of nitrogens with zero attached hydrogens (tertiary/aromatic N) is 3. The molecular weight excluding hydrogens is 222 g/mol. The van der Waals surface area contributed by atoms with Gasteiger partial charge in [-0.15, -0.1) is 16.7 Å². The molecule has 16 heavy (non-hydrogen) atoms. The minimum atomic E-state index is 0.398. The molecule has 0 aliphatic carbocycles. The summed E-state index contributed by atoms with van der Waals surface area (Å²) >= 11 is 5.66. The van der Waals surface area contributed by atoms with Crippen molar-refractivity contribution >= 4 is 17.7 Å². The highest BCUT2D eigenvalue weighted by molar-refractivity contribution is 6.16. The highest BCUT2D eigenvalue weighted by Gasteiger charge is 2.00. The van der Waals surface area contributed by atoms with Gasteiger partial charge in [0.15, 0.2) is 0 Å². The van der Waals surface area contributed by atoms with Crippen molar-refractivity contribution in [1.29, 1.82) is 0 Å². The van der Waals surface area contributed by atoms with E-state index in [0.29, 0.717) is 12.4 Å². The summed E-state index contributed by atoms with van der Waals surface area (Å²) in [5.74, 6) is 0.398. The summed E-state index contributed by atoms with van der Waals surface area (Å²) in [5, 5.41) is 7.92. The summed E-state index contributed by atoms with van der Waals surface area (Å²) in [4.78, 5) is 0. The zero-order valence-corrected chi connectivity index (χ0v) is 9.56. The van der Waals surface area contributed by atoms with E-state index < -0.39 is 0 Å². The minimum Gasteiger partial charge on any atom is -0.248 e. The molecule has 0 radical (unpaired) electrons. The van der Waals surface area contributed by atoms with Gasteiger partial charge in [-0.1, -0.05) is 42.1 Å². The summed E-state index contributed by atoms with van der Waals surface area (Å²) in [6.07, 6.45) is 3.68. The average Bonchev–Trinajstić information content (AvgIpc) is 2.78. The molecule has 2 rings (SSSR count). The smallest absolute Gasteiger partial charge is 0.0974 e. The quantitative estimate of drug-likeness (QED) is 0.761. The number of benzene rings is 1. The summed E-state index contributed by atoms with van der Waals surface area (Å²) in [5.41, 5.74) is 3.09. The number of rotatable bonds is 4. The van der Waals surface area contributed by atoms with Gasteiger partial charge < -0.3 is 0 Å². The second kappa shape index (κ2) is 4.94. The Morgan fingerprint density at radius 3 is 2.62 bits per heavy atom. The molecule has 1 aromatic carbocycles. The van der Waals surface area contributed by atoms with Crippen LogP contribution in [-0.2, 0) is 12.4 Å². The van der Waals surface area contributed by atoms with E-state index in [4.69, 9.17) is 11.6 Å². The normalized spacial score (nSPS) is 10.3. The monoisotopic (exact) mass is 233 g/mol. The Bertz CT molecular complexity index is 473. The molecule has 0 bridgehead atoms. The lowest BCUT2D eigenvalue weighted by Crippen LogP contribution is -2.00. The van der Waals surface area contributed by atoms with E-state index in [2.05, 4.69) is 29.0 Å². The van der Waals surface area contributed by atoms with E-state index in [-0.39, 0.29) is 0 Å². The average molecular weight is 234 g/mol. The summed E-state index contributed by atoms with van der Waals surface area (Å²) in [7, 11) is 0. The van der Waals surface area contributed by atoms with Crippen LogP contribution >= 0.6 is 11.6 Å². The van der Waals surface area contributed by atoms with Gasteiger partial charge in [-0.3, -0.25) is 0 Å². The van der Waals surface area contributed by atoms with Crippen LogP contribution in [0.4, 0.5) is 0 Å². The van der Waals surface area contributed by atoms with Gasteiger partial charge in [0, 0.05) is 0 Å². The lowest BCUT2D eigenvalue weighted by atomic mass is 10.1. The predicted molar refractivity (Wildman–Crippen MR) is 65.2 cm³/mol. The van der Waals surface area contributed by atoms with Gasteiger partial charge in [0.25, 0.3) is 0 Å². The predicted octanol–water partition coefficient (Wildman–Crippen LogP) is 2.71. The van der Waals surface area contributed by atoms with E-state index in [1.165, 1.54) is 5.56 Å². The number of halogens is 1. The van der Waals surface area contributed by atoms with Crippen LogP contribution in [0.2, 0.25) is 0 Å². The summed E-state index contributed by atoms with van der Waals surface area (Å²) in [6.45, 7) is 4.43. The highest BCUT2D eigenvalue weighted by atomic mass is 35.5. The standard InChI is InChI=1S/C12H12ClN3/c1-2-10-3-5-11(6-4-10)8-16-9-12(7-13)14-15-16/h2-6,9H,1,7-8H2. The maximum atomic E-state index is 5.66. The largest absolute Gasteiger partial charge is 0.248 e. The SMILES string of the molecule is C=Cc1ccc(Cn2cc(CCl)nn2)cc1. The fourth-order valence-corrected chi connectivity index (χ4v) is 1.55. The van der Waals surface area contributed by atoms with Crippen molar-refractivity contribution in [2.24, 2.45) is 0 Å². The molecule has 0 aliphatic heterocycles. The highest BCUT2D eigenvalue weighted by Crippen LogP contribution is 2.07. The zero-order chi connectivity index (χ0) is 11.4. The van der Waals surface area contributed by atoms with E-state index >= 15 is 0 Å². The Morgan fingerprint density at radius 1 is 1.31 bits per heavy atom. The minimum absolute atomic E-state index is 0.398. The summed E-state index contributed by atoms with van der Waals surface area (Å²) in [6, 6.07) is 8.17. The summed E-state index contributed by atoms with van der Waals surface area (Å²) < 4.78 is 1.78. The van der Waals surface area contributed by atoms with E-state index in [1.54, 1.807) is 4.68 Å². The van der Waals surface area contributed by atoms with Crippen LogP contribution in [0.1, 0.15) is 16.8 Å². The number of alkyl halides is 1. The van der Waals surface area contributed by atoms with E-state index in [9.17, 15) is 0 Å². The van der Waals surface area contributed by atoms with Crippen molar-refractivity contribution in [2.75, 3.05) is 0 Å². The molecule has 0 aliphatic rings. The third-order valence-electron chi connectivity index (χ3n) is 2.28. The lowest BCUT2D eigenvalue weighted by Gasteiger charge is -2.01. The first kappa shape index (κ1) is 10.9. The molecule has 0 fully saturated rings. The fraction of sp³-hybridized carbons (Fsp3) is 0.167. The molecule has 82 valence electrons. The molecule has 2 aromatic rings. The number of aromatic nitrogens is 3. The van der Waals surface area contributed by atoms with Crippen LogP contribution in [0.3, 0.4) is 0 Å². The van der Waals surface area contributed by atoms with Gasteiger partial charge in [-0.05, 0) is 11.1 Å². The molecular formula is C12H12ClN3. The molecule has 0 N–H and O–H groups in total. The van der Waals surface area contributed by atoms with Gasteiger partial charge in [0.05, 0.1) is 24.3 Å². The lowest BCUT2D eigenvalue weighted by molar-refractivity contribution is 0.649. The molecule has 0 saturated heterocycles. The van der Waals surface area contributed by atoms with Crippen LogP contribution < -0.4 is 0 Å². The topological polar surface area (TPSA) is 30.7 Å². The maximum Gasteiger partial charge on any atom is 0.0974 e. The van der Waals surface area contributed by atoms with Crippen molar-refractivity contribution in [2.45, 2.75) is 12.4 Å². The molecule has 0 spiro atoms. The van der Waals surface area contributed by atoms with Crippen LogP contribution in [0.5, 0.6) is 0 Å². The van der Waals surface area contributed by atoms with Crippen molar-refractivity contribution in [1.82, 2.24) is 15.0 Å². The Balaban J connectivity index is 2.10. The third kappa shape index (κ3) is 2.49. The Hall–Kier alpha value is -1.61.